The standard InChI is InChI=1S/C27H28F4O7/c1-19(32)35-16-4-2-3-5-17-36-24(33)15-8-20-6-11-23(12-7-20)38-25(34)21-9-13-22(14-10-21)37-18-27(30,31)26(28)29/h6-15,26H,2-5,16-18H2,1H3/b15-8+. The number of halogens is 4. The fourth-order valence-electron chi connectivity index (χ4n) is 2.90. The van der Waals surface area contributed by atoms with Gasteiger partial charge < -0.3 is 18.9 Å². The summed E-state index contributed by atoms with van der Waals surface area (Å²) in [7, 11) is 0. The highest BCUT2D eigenvalue weighted by atomic mass is 19.3. The number of esters is 3. The Balaban J connectivity index is 1.72. The Bertz CT molecular complexity index is 1070. The van der Waals surface area contributed by atoms with E-state index in [-0.39, 0.29) is 29.6 Å². The van der Waals surface area contributed by atoms with Gasteiger partial charge in [-0.15, -0.1) is 0 Å². The molecule has 0 aliphatic heterocycles. The Labute approximate surface area is 217 Å². The SMILES string of the molecule is CC(=O)OCCCCCCOC(=O)/C=C/c1ccc(OC(=O)c2ccc(OCC(F)(F)C(F)F)cc2)cc1. The lowest BCUT2D eigenvalue weighted by Crippen LogP contribution is -2.33. The predicted molar refractivity (Wildman–Crippen MR) is 129 cm³/mol. The van der Waals surface area contributed by atoms with Crippen molar-refractivity contribution in [1.29, 1.82) is 0 Å². The largest absolute Gasteiger partial charge is 0.487 e. The number of ether oxygens (including phenoxy) is 4. The molecule has 0 radical (unpaired) electrons. The number of unbranched alkanes of at least 4 members (excludes halogenated alkanes) is 3. The molecule has 0 spiro atoms. The average molecular weight is 541 g/mol. The number of hydrogen-bond donors (Lipinski definition) is 0. The van der Waals surface area contributed by atoms with E-state index in [1.807, 2.05) is 0 Å². The average Bonchev–Trinajstić information content (AvgIpc) is 2.88. The summed E-state index contributed by atoms with van der Waals surface area (Å²) in [5, 5.41) is 0. The van der Waals surface area contributed by atoms with Crippen molar-refractivity contribution in [2.45, 2.75) is 45.0 Å². The van der Waals surface area contributed by atoms with Crippen molar-refractivity contribution in [2.24, 2.45) is 0 Å². The van der Waals surface area contributed by atoms with Gasteiger partial charge in [-0.25, -0.2) is 18.4 Å². The lowest BCUT2D eigenvalue weighted by Gasteiger charge is -2.16. The first-order chi connectivity index (χ1) is 18.1. The predicted octanol–water partition coefficient (Wildman–Crippen LogP) is 5.86. The highest BCUT2D eigenvalue weighted by molar-refractivity contribution is 5.91. The lowest BCUT2D eigenvalue weighted by molar-refractivity contribution is -0.148. The van der Waals surface area contributed by atoms with Crippen LogP contribution in [-0.2, 0) is 19.1 Å². The highest BCUT2D eigenvalue weighted by Gasteiger charge is 2.41. The van der Waals surface area contributed by atoms with Crippen molar-refractivity contribution >= 4 is 24.0 Å². The Kier molecular flexibility index (Phi) is 12.3. The summed E-state index contributed by atoms with van der Waals surface area (Å²) in [5.74, 6) is -5.69. The van der Waals surface area contributed by atoms with Gasteiger partial charge in [-0.1, -0.05) is 12.1 Å². The van der Waals surface area contributed by atoms with Gasteiger partial charge in [0.1, 0.15) is 11.5 Å². The van der Waals surface area contributed by atoms with Crippen LogP contribution in [0.25, 0.3) is 6.08 Å². The summed E-state index contributed by atoms with van der Waals surface area (Å²) in [6.07, 6.45) is 2.14. The minimum Gasteiger partial charge on any atom is -0.487 e. The minimum absolute atomic E-state index is 0.0917. The molecule has 0 N–H and O–H groups in total. The normalized spacial score (nSPS) is 11.4. The maximum absolute atomic E-state index is 12.9. The Morgan fingerprint density at radius 3 is 2.00 bits per heavy atom. The van der Waals surface area contributed by atoms with Gasteiger partial charge in [0.2, 0.25) is 0 Å². The highest BCUT2D eigenvalue weighted by Crippen LogP contribution is 2.24. The molecule has 0 atom stereocenters. The summed E-state index contributed by atoms with van der Waals surface area (Å²) in [6, 6.07) is 11.2. The molecule has 2 rings (SSSR count). The quantitative estimate of drug-likeness (QED) is 0.0919. The van der Waals surface area contributed by atoms with E-state index in [2.05, 4.69) is 4.74 Å². The van der Waals surface area contributed by atoms with E-state index in [0.29, 0.717) is 18.6 Å². The van der Waals surface area contributed by atoms with Crippen molar-refractivity contribution in [2.75, 3.05) is 19.8 Å². The molecule has 11 heteroatoms. The third-order valence-corrected chi connectivity index (χ3v) is 4.93. The molecule has 0 aliphatic carbocycles. The molecule has 2 aromatic rings. The van der Waals surface area contributed by atoms with Crippen LogP contribution in [-0.4, -0.2) is 50.1 Å². The van der Waals surface area contributed by atoms with Gasteiger partial charge in [0, 0.05) is 13.0 Å². The molecule has 2 aromatic carbocycles. The van der Waals surface area contributed by atoms with E-state index >= 15 is 0 Å². The van der Waals surface area contributed by atoms with Gasteiger partial charge in [-0.3, -0.25) is 4.79 Å². The fraction of sp³-hybridized carbons (Fsp3) is 0.370. The molecule has 0 heterocycles. The molecule has 206 valence electrons. The zero-order chi connectivity index (χ0) is 28.0. The van der Waals surface area contributed by atoms with Gasteiger partial charge in [-0.2, -0.15) is 8.78 Å². The van der Waals surface area contributed by atoms with E-state index in [1.54, 1.807) is 18.2 Å². The molecule has 0 fully saturated rings. The van der Waals surface area contributed by atoms with Crippen LogP contribution >= 0.6 is 0 Å². The molecule has 0 unspecified atom stereocenters. The van der Waals surface area contributed by atoms with Crippen LogP contribution < -0.4 is 9.47 Å². The molecular formula is C27H28F4O7. The van der Waals surface area contributed by atoms with E-state index < -0.39 is 30.9 Å². The Hall–Kier alpha value is -3.89. The maximum atomic E-state index is 12.9. The lowest BCUT2D eigenvalue weighted by atomic mass is 10.2. The second-order valence-corrected chi connectivity index (χ2v) is 8.09. The summed E-state index contributed by atoms with van der Waals surface area (Å²) < 4.78 is 70.1. The first-order valence-corrected chi connectivity index (χ1v) is 11.8. The number of carbonyl (C=O) groups excluding carboxylic acids is 3. The van der Waals surface area contributed by atoms with E-state index in [1.165, 1.54) is 49.4 Å². The molecular weight excluding hydrogens is 512 g/mol. The van der Waals surface area contributed by atoms with Gasteiger partial charge in [0.15, 0.2) is 6.61 Å². The number of carbonyl (C=O) groups is 3. The zero-order valence-corrected chi connectivity index (χ0v) is 20.7. The minimum atomic E-state index is -4.28. The van der Waals surface area contributed by atoms with E-state index in [0.717, 1.165) is 19.3 Å². The van der Waals surface area contributed by atoms with Crippen molar-refractivity contribution in [1.82, 2.24) is 0 Å². The van der Waals surface area contributed by atoms with Crippen LogP contribution in [0.15, 0.2) is 54.6 Å². The van der Waals surface area contributed by atoms with Crippen molar-refractivity contribution in [3.63, 3.8) is 0 Å². The number of alkyl halides is 4. The van der Waals surface area contributed by atoms with Crippen LogP contribution in [0, 0.1) is 0 Å². The summed E-state index contributed by atoms with van der Waals surface area (Å²) in [5.41, 5.74) is 0.753. The fourth-order valence-corrected chi connectivity index (χ4v) is 2.90. The zero-order valence-electron chi connectivity index (χ0n) is 20.7. The molecule has 0 aliphatic rings. The Morgan fingerprint density at radius 1 is 0.842 bits per heavy atom. The third-order valence-electron chi connectivity index (χ3n) is 4.93. The second-order valence-electron chi connectivity index (χ2n) is 8.09. The molecule has 0 aromatic heterocycles. The number of rotatable bonds is 15. The first kappa shape index (κ1) is 30.3. The molecule has 0 amide bonds. The van der Waals surface area contributed by atoms with E-state index in [9.17, 15) is 31.9 Å². The topological polar surface area (TPSA) is 88.1 Å². The van der Waals surface area contributed by atoms with Crippen molar-refractivity contribution in [3.05, 3.63) is 65.7 Å². The van der Waals surface area contributed by atoms with Crippen LogP contribution in [0.4, 0.5) is 17.6 Å². The third kappa shape index (κ3) is 11.4. The van der Waals surface area contributed by atoms with Gasteiger partial charge in [0.25, 0.3) is 0 Å². The van der Waals surface area contributed by atoms with Gasteiger partial charge in [-0.05, 0) is 73.7 Å². The molecule has 0 saturated carbocycles. The Morgan fingerprint density at radius 2 is 1.42 bits per heavy atom. The summed E-state index contributed by atoms with van der Waals surface area (Å²) in [6.45, 7) is 0.532. The number of benzene rings is 2. The van der Waals surface area contributed by atoms with Crippen LogP contribution in [0.1, 0.15) is 48.5 Å². The van der Waals surface area contributed by atoms with Gasteiger partial charge >= 0.3 is 30.3 Å². The molecule has 38 heavy (non-hydrogen) atoms. The summed E-state index contributed by atoms with van der Waals surface area (Å²) >= 11 is 0. The van der Waals surface area contributed by atoms with Crippen LogP contribution in [0.3, 0.4) is 0 Å². The summed E-state index contributed by atoms with van der Waals surface area (Å²) in [4.78, 5) is 34.8. The number of hydrogen-bond acceptors (Lipinski definition) is 7. The molecule has 0 bridgehead atoms. The van der Waals surface area contributed by atoms with E-state index in [4.69, 9.17) is 14.2 Å². The van der Waals surface area contributed by atoms with Crippen LogP contribution in [0.2, 0.25) is 0 Å². The van der Waals surface area contributed by atoms with Crippen LogP contribution in [0.5, 0.6) is 11.5 Å². The maximum Gasteiger partial charge on any atom is 0.343 e. The first-order valence-electron chi connectivity index (χ1n) is 11.8. The second kappa shape index (κ2) is 15.4. The smallest absolute Gasteiger partial charge is 0.343 e. The molecule has 0 saturated heterocycles. The van der Waals surface area contributed by atoms with Crippen molar-refractivity contribution < 1.29 is 50.9 Å². The molecule has 7 nitrogen and oxygen atoms in total. The van der Waals surface area contributed by atoms with Gasteiger partial charge in [0.05, 0.1) is 18.8 Å². The van der Waals surface area contributed by atoms with Crippen molar-refractivity contribution in [3.8, 4) is 11.5 Å². The monoisotopic (exact) mass is 540 g/mol.